The van der Waals surface area contributed by atoms with E-state index in [2.05, 4.69) is 24.1 Å². The molecule has 1 heterocycles. The van der Waals surface area contributed by atoms with Crippen LogP contribution in [0, 0.1) is 11.8 Å². The Bertz CT molecular complexity index is 445. The quantitative estimate of drug-likeness (QED) is 0.829. The molecule has 1 aliphatic rings. The highest BCUT2D eigenvalue weighted by Gasteiger charge is 2.27. The van der Waals surface area contributed by atoms with Crippen LogP contribution in [0.4, 0.5) is 5.82 Å². The first-order chi connectivity index (χ1) is 9.08. The van der Waals surface area contributed by atoms with E-state index < -0.39 is 0 Å². The minimum atomic E-state index is 0.354. The van der Waals surface area contributed by atoms with E-state index >= 15 is 0 Å². The molecule has 3 N–H and O–H groups in total. The Morgan fingerprint density at radius 1 is 1.37 bits per heavy atom. The molecular formula is C15H23N3S. The van der Waals surface area contributed by atoms with Crippen molar-refractivity contribution in [2.75, 3.05) is 5.32 Å². The molecule has 0 radical (unpaired) electrons. The van der Waals surface area contributed by atoms with Crippen molar-refractivity contribution < 1.29 is 0 Å². The molecule has 1 aliphatic carbocycles. The first-order valence-corrected chi connectivity index (χ1v) is 7.52. The monoisotopic (exact) mass is 277 g/mol. The molecule has 3 nitrogen and oxygen atoms in total. The van der Waals surface area contributed by atoms with Gasteiger partial charge in [0.1, 0.15) is 10.8 Å². The molecule has 0 saturated heterocycles. The average molecular weight is 277 g/mol. The minimum Gasteiger partial charge on any atom is -0.388 e. The van der Waals surface area contributed by atoms with E-state index in [1.165, 1.54) is 25.7 Å². The number of nitrogens with two attached hydrogens (primary N) is 1. The summed E-state index contributed by atoms with van der Waals surface area (Å²) in [4.78, 5) is 4.84. The third kappa shape index (κ3) is 3.66. The third-order valence-electron chi connectivity index (χ3n) is 4.01. The molecule has 0 bridgehead atoms. The molecule has 0 spiro atoms. The van der Waals surface area contributed by atoms with Crippen molar-refractivity contribution in [3.8, 4) is 0 Å². The number of hydrogen-bond donors (Lipinski definition) is 2. The number of nitrogens with zero attached hydrogens (tertiary/aromatic N) is 1. The summed E-state index contributed by atoms with van der Waals surface area (Å²) in [5, 5.41) is 3.58. The fourth-order valence-corrected chi connectivity index (χ4v) is 3.09. The molecule has 2 atom stereocenters. The van der Waals surface area contributed by atoms with E-state index in [0.717, 1.165) is 11.7 Å². The first kappa shape index (κ1) is 14.3. The van der Waals surface area contributed by atoms with Crippen molar-refractivity contribution in [1.82, 2.24) is 4.98 Å². The molecule has 1 fully saturated rings. The topological polar surface area (TPSA) is 50.9 Å². The summed E-state index contributed by atoms with van der Waals surface area (Å²) in [5.41, 5.74) is 6.32. The second kappa shape index (κ2) is 6.33. The number of hydrogen-bond acceptors (Lipinski definition) is 3. The molecule has 1 aromatic rings. The molecule has 4 heteroatoms. The van der Waals surface area contributed by atoms with Crippen molar-refractivity contribution in [2.24, 2.45) is 17.6 Å². The normalized spacial score (nSPS) is 23.3. The van der Waals surface area contributed by atoms with Crippen LogP contribution in [0.3, 0.4) is 0 Å². The van der Waals surface area contributed by atoms with Gasteiger partial charge in [-0.05, 0) is 36.8 Å². The lowest BCUT2D eigenvalue weighted by molar-refractivity contribution is 0.253. The van der Waals surface area contributed by atoms with Gasteiger partial charge in [0.05, 0.1) is 5.69 Å². The Morgan fingerprint density at radius 3 is 2.79 bits per heavy atom. The van der Waals surface area contributed by atoms with Crippen LogP contribution in [-0.4, -0.2) is 16.0 Å². The lowest BCUT2D eigenvalue weighted by Gasteiger charge is -2.35. The molecule has 104 valence electrons. The van der Waals surface area contributed by atoms with E-state index in [0.29, 0.717) is 22.6 Å². The average Bonchev–Trinajstić information content (AvgIpc) is 2.39. The second-order valence-corrected chi connectivity index (χ2v) is 6.16. The number of anilines is 1. The van der Waals surface area contributed by atoms with Gasteiger partial charge in [0, 0.05) is 6.04 Å². The number of nitrogens with one attached hydrogen (secondary N) is 1. The fourth-order valence-electron chi connectivity index (χ4n) is 2.98. The Kier molecular flexibility index (Phi) is 4.75. The molecule has 0 aromatic carbocycles. The maximum Gasteiger partial charge on any atom is 0.126 e. The summed E-state index contributed by atoms with van der Waals surface area (Å²) in [6.07, 6.45) is 5.18. The van der Waals surface area contributed by atoms with E-state index in [1.54, 1.807) is 0 Å². The lowest BCUT2D eigenvalue weighted by atomic mass is 9.78. The summed E-state index contributed by atoms with van der Waals surface area (Å²) >= 11 is 4.98. The van der Waals surface area contributed by atoms with Crippen molar-refractivity contribution in [1.29, 1.82) is 0 Å². The largest absolute Gasteiger partial charge is 0.388 e. The Balaban J connectivity index is 2.10. The second-order valence-electron chi connectivity index (χ2n) is 5.72. The highest BCUT2D eigenvalue weighted by atomic mass is 32.1. The molecule has 2 unspecified atom stereocenters. The van der Waals surface area contributed by atoms with Crippen LogP contribution in [0.1, 0.15) is 45.2 Å². The van der Waals surface area contributed by atoms with Gasteiger partial charge in [-0.1, -0.05) is 45.0 Å². The van der Waals surface area contributed by atoms with Crippen molar-refractivity contribution in [3.63, 3.8) is 0 Å². The smallest absolute Gasteiger partial charge is 0.126 e. The number of pyridine rings is 1. The molecule has 19 heavy (non-hydrogen) atoms. The van der Waals surface area contributed by atoms with E-state index in [9.17, 15) is 0 Å². The Labute approximate surface area is 121 Å². The van der Waals surface area contributed by atoms with Gasteiger partial charge in [0.2, 0.25) is 0 Å². The minimum absolute atomic E-state index is 0.354. The highest BCUT2D eigenvalue weighted by molar-refractivity contribution is 7.80. The zero-order valence-corrected chi connectivity index (χ0v) is 12.5. The van der Waals surface area contributed by atoms with Crippen molar-refractivity contribution in [2.45, 2.75) is 45.6 Å². The first-order valence-electron chi connectivity index (χ1n) is 7.11. The lowest BCUT2D eigenvalue weighted by Crippen LogP contribution is -2.35. The summed E-state index contributed by atoms with van der Waals surface area (Å²) < 4.78 is 0. The van der Waals surface area contributed by atoms with Gasteiger partial charge < -0.3 is 11.1 Å². The van der Waals surface area contributed by atoms with Crippen LogP contribution in [0.2, 0.25) is 0 Å². The van der Waals surface area contributed by atoms with Gasteiger partial charge in [0.15, 0.2) is 0 Å². The molecule has 2 rings (SSSR count). The van der Waals surface area contributed by atoms with Crippen molar-refractivity contribution >= 4 is 23.0 Å². The van der Waals surface area contributed by atoms with Crippen LogP contribution in [0.25, 0.3) is 0 Å². The molecule has 0 aliphatic heterocycles. The zero-order valence-electron chi connectivity index (χ0n) is 11.7. The number of rotatable bonds is 4. The fraction of sp³-hybridized carbons (Fsp3) is 0.600. The third-order valence-corrected chi connectivity index (χ3v) is 4.22. The van der Waals surface area contributed by atoms with Crippen LogP contribution in [0.5, 0.6) is 0 Å². The van der Waals surface area contributed by atoms with E-state index in [4.69, 9.17) is 18.0 Å². The maximum atomic E-state index is 5.63. The van der Waals surface area contributed by atoms with Gasteiger partial charge in [-0.25, -0.2) is 4.98 Å². The number of thiocarbonyl (C=S) groups is 1. The van der Waals surface area contributed by atoms with E-state index in [1.807, 2.05) is 18.2 Å². The Morgan fingerprint density at radius 2 is 2.11 bits per heavy atom. The highest BCUT2D eigenvalue weighted by Crippen LogP contribution is 2.31. The molecule has 0 amide bonds. The summed E-state index contributed by atoms with van der Waals surface area (Å²) in [7, 11) is 0. The van der Waals surface area contributed by atoms with Gasteiger partial charge in [-0.15, -0.1) is 0 Å². The molecule has 1 aromatic heterocycles. The maximum absolute atomic E-state index is 5.63. The van der Waals surface area contributed by atoms with Crippen LogP contribution in [-0.2, 0) is 0 Å². The summed E-state index contributed by atoms with van der Waals surface area (Å²) in [6, 6.07) is 6.32. The number of aromatic nitrogens is 1. The van der Waals surface area contributed by atoms with Crippen LogP contribution >= 0.6 is 12.2 Å². The predicted octanol–water partition coefficient (Wildman–Crippen LogP) is 3.34. The van der Waals surface area contributed by atoms with Crippen LogP contribution < -0.4 is 11.1 Å². The molecular weight excluding hydrogens is 254 g/mol. The Hall–Kier alpha value is -1.16. The van der Waals surface area contributed by atoms with E-state index in [-0.39, 0.29) is 0 Å². The zero-order chi connectivity index (χ0) is 13.8. The van der Waals surface area contributed by atoms with Gasteiger partial charge in [0.25, 0.3) is 0 Å². The standard InChI is InChI=1S/C15H23N3S/c1-10(2)11-6-3-4-7-12(11)17-14-9-5-8-13(18-14)15(16)19/h5,8-12H,3-4,6-7H2,1-2H3,(H2,16,19)(H,17,18). The van der Waals surface area contributed by atoms with Gasteiger partial charge in [-0.3, -0.25) is 0 Å². The predicted molar refractivity (Wildman–Crippen MR) is 84.3 cm³/mol. The van der Waals surface area contributed by atoms with Gasteiger partial charge >= 0.3 is 0 Å². The van der Waals surface area contributed by atoms with Crippen molar-refractivity contribution in [3.05, 3.63) is 23.9 Å². The van der Waals surface area contributed by atoms with Gasteiger partial charge in [-0.2, -0.15) is 0 Å². The summed E-state index contributed by atoms with van der Waals surface area (Å²) in [5.74, 6) is 2.32. The van der Waals surface area contributed by atoms with Crippen LogP contribution in [0.15, 0.2) is 18.2 Å². The summed E-state index contributed by atoms with van der Waals surface area (Å²) in [6.45, 7) is 4.62. The SMILES string of the molecule is CC(C)C1CCCCC1Nc1cccc(C(N)=S)n1. The molecule has 1 saturated carbocycles.